The molecule has 0 spiro atoms. The fourth-order valence-electron chi connectivity index (χ4n) is 1.90. The maximum absolute atomic E-state index is 9.28. The number of aliphatic hydroxyl groups excluding tert-OH is 1. The SMILES string of the molecule is CCC(C)NC1(CO)CC(OC)C1. The molecule has 0 radical (unpaired) electrons. The normalized spacial score (nSPS) is 35.5. The third kappa shape index (κ3) is 2.42. The lowest BCUT2D eigenvalue weighted by molar-refractivity contribution is -0.0565. The Labute approximate surface area is 80.5 Å². The zero-order valence-corrected chi connectivity index (χ0v) is 8.84. The molecule has 0 bridgehead atoms. The highest BCUT2D eigenvalue weighted by Crippen LogP contribution is 2.34. The Morgan fingerprint density at radius 1 is 1.62 bits per heavy atom. The van der Waals surface area contributed by atoms with Crippen LogP contribution in [0.25, 0.3) is 0 Å². The van der Waals surface area contributed by atoms with Crippen LogP contribution < -0.4 is 5.32 Å². The topological polar surface area (TPSA) is 41.5 Å². The Balaban J connectivity index is 2.36. The molecular weight excluding hydrogens is 166 g/mol. The van der Waals surface area contributed by atoms with E-state index < -0.39 is 0 Å². The minimum Gasteiger partial charge on any atom is -0.394 e. The van der Waals surface area contributed by atoms with E-state index in [1.54, 1.807) is 7.11 Å². The minimum atomic E-state index is -0.0594. The minimum absolute atomic E-state index is 0.0594. The molecule has 78 valence electrons. The maximum Gasteiger partial charge on any atom is 0.0615 e. The van der Waals surface area contributed by atoms with Crippen molar-refractivity contribution in [1.82, 2.24) is 5.32 Å². The lowest BCUT2D eigenvalue weighted by Crippen LogP contribution is -2.62. The van der Waals surface area contributed by atoms with Crippen molar-refractivity contribution in [3.8, 4) is 0 Å². The van der Waals surface area contributed by atoms with Gasteiger partial charge in [-0.2, -0.15) is 0 Å². The first-order valence-electron chi connectivity index (χ1n) is 5.07. The van der Waals surface area contributed by atoms with Crippen LogP contribution in [-0.2, 0) is 4.74 Å². The molecule has 0 saturated heterocycles. The monoisotopic (exact) mass is 187 g/mol. The van der Waals surface area contributed by atoms with Crippen molar-refractivity contribution in [3.05, 3.63) is 0 Å². The summed E-state index contributed by atoms with van der Waals surface area (Å²) < 4.78 is 5.21. The molecule has 1 rings (SSSR count). The van der Waals surface area contributed by atoms with Crippen molar-refractivity contribution in [3.63, 3.8) is 0 Å². The smallest absolute Gasteiger partial charge is 0.0615 e. The van der Waals surface area contributed by atoms with E-state index in [0.29, 0.717) is 12.1 Å². The zero-order chi connectivity index (χ0) is 9.90. The standard InChI is InChI=1S/C10H21NO2/c1-4-8(2)11-10(7-12)5-9(6-10)13-3/h8-9,11-12H,4-7H2,1-3H3. The van der Waals surface area contributed by atoms with Crippen LogP contribution in [-0.4, -0.2) is 36.5 Å². The summed E-state index contributed by atoms with van der Waals surface area (Å²) in [6.45, 7) is 4.52. The second-order valence-corrected chi connectivity index (χ2v) is 4.16. The van der Waals surface area contributed by atoms with Gasteiger partial charge in [-0.3, -0.25) is 0 Å². The van der Waals surface area contributed by atoms with Crippen LogP contribution >= 0.6 is 0 Å². The van der Waals surface area contributed by atoms with E-state index in [2.05, 4.69) is 19.2 Å². The van der Waals surface area contributed by atoms with E-state index in [1.165, 1.54) is 0 Å². The molecule has 0 aromatic heterocycles. The van der Waals surface area contributed by atoms with E-state index in [4.69, 9.17) is 4.74 Å². The van der Waals surface area contributed by atoms with Crippen molar-refractivity contribution < 1.29 is 9.84 Å². The molecular formula is C10H21NO2. The second kappa shape index (κ2) is 4.40. The van der Waals surface area contributed by atoms with Crippen LogP contribution in [0.5, 0.6) is 0 Å². The van der Waals surface area contributed by atoms with Crippen molar-refractivity contribution in [2.75, 3.05) is 13.7 Å². The van der Waals surface area contributed by atoms with E-state index in [9.17, 15) is 5.11 Å². The molecule has 0 aromatic rings. The molecule has 0 aromatic carbocycles. The highest BCUT2D eigenvalue weighted by atomic mass is 16.5. The molecule has 1 aliphatic rings. The highest BCUT2D eigenvalue weighted by molar-refractivity contribution is 5.02. The number of aliphatic hydroxyl groups is 1. The van der Waals surface area contributed by atoms with Gasteiger partial charge in [0.2, 0.25) is 0 Å². The fraction of sp³-hybridized carbons (Fsp3) is 1.00. The largest absolute Gasteiger partial charge is 0.394 e. The van der Waals surface area contributed by atoms with Gasteiger partial charge in [0, 0.05) is 18.7 Å². The van der Waals surface area contributed by atoms with Gasteiger partial charge in [-0.15, -0.1) is 0 Å². The predicted octanol–water partition coefficient (Wildman–Crippen LogP) is 0.914. The quantitative estimate of drug-likeness (QED) is 0.672. The number of ether oxygens (including phenoxy) is 1. The summed E-state index contributed by atoms with van der Waals surface area (Å²) in [7, 11) is 1.73. The molecule has 1 atom stereocenters. The van der Waals surface area contributed by atoms with Gasteiger partial charge in [-0.05, 0) is 26.2 Å². The predicted molar refractivity (Wildman–Crippen MR) is 52.7 cm³/mol. The summed E-state index contributed by atoms with van der Waals surface area (Å²) in [5.74, 6) is 0. The fourth-order valence-corrected chi connectivity index (χ4v) is 1.90. The Morgan fingerprint density at radius 2 is 2.23 bits per heavy atom. The molecule has 2 N–H and O–H groups in total. The lowest BCUT2D eigenvalue weighted by Gasteiger charge is -2.47. The van der Waals surface area contributed by atoms with Crippen LogP contribution in [0.3, 0.4) is 0 Å². The molecule has 1 unspecified atom stereocenters. The van der Waals surface area contributed by atoms with Crippen molar-refractivity contribution in [1.29, 1.82) is 0 Å². The summed E-state index contributed by atoms with van der Waals surface area (Å²) in [5.41, 5.74) is -0.0594. The van der Waals surface area contributed by atoms with Gasteiger partial charge in [0.05, 0.1) is 12.7 Å². The lowest BCUT2D eigenvalue weighted by atomic mass is 9.74. The molecule has 0 heterocycles. The summed E-state index contributed by atoms with van der Waals surface area (Å²) in [5, 5.41) is 12.7. The van der Waals surface area contributed by atoms with Crippen LogP contribution in [0.2, 0.25) is 0 Å². The first-order valence-corrected chi connectivity index (χ1v) is 5.07. The van der Waals surface area contributed by atoms with Gasteiger partial charge >= 0.3 is 0 Å². The summed E-state index contributed by atoms with van der Waals surface area (Å²) >= 11 is 0. The third-order valence-corrected chi connectivity index (χ3v) is 3.04. The average molecular weight is 187 g/mol. The summed E-state index contributed by atoms with van der Waals surface area (Å²) in [6, 6.07) is 0.477. The van der Waals surface area contributed by atoms with Gasteiger partial charge in [0.25, 0.3) is 0 Å². The Morgan fingerprint density at radius 3 is 2.62 bits per heavy atom. The van der Waals surface area contributed by atoms with Gasteiger partial charge in [-0.25, -0.2) is 0 Å². The van der Waals surface area contributed by atoms with Crippen LogP contribution in [0, 0.1) is 0 Å². The molecule has 3 nitrogen and oxygen atoms in total. The molecule has 3 heteroatoms. The number of hydrogen-bond acceptors (Lipinski definition) is 3. The summed E-state index contributed by atoms with van der Waals surface area (Å²) in [6.07, 6.45) is 3.30. The molecule has 0 aliphatic heterocycles. The zero-order valence-electron chi connectivity index (χ0n) is 8.84. The third-order valence-electron chi connectivity index (χ3n) is 3.04. The van der Waals surface area contributed by atoms with E-state index in [1.807, 2.05) is 0 Å². The first kappa shape index (κ1) is 11.0. The molecule has 1 aliphatic carbocycles. The molecule has 1 fully saturated rings. The van der Waals surface area contributed by atoms with E-state index >= 15 is 0 Å². The number of rotatable bonds is 5. The molecule has 13 heavy (non-hydrogen) atoms. The van der Waals surface area contributed by atoms with Gasteiger partial charge in [0.15, 0.2) is 0 Å². The van der Waals surface area contributed by atoms with E-state index in [0.717, 1.165) is 19.3 Å². The van der Waals surface area contributed by atoms with Crippen LogP contribution in [0.1, 0.15) is 33.1 Å². The maximum atomic E-state index is 9.28. The highest BCUT2D eigenvalue weighted by Gasteiger charge is 2.44. The van der Waals surface area contributed by atoms with E-state index in [-0.39, 0.29) is 12.1 Å². The second-order valence-electron chi connectivity index (χ2n) is 4.16. The van der Waals surface area contributed by atoms with Crippen LogP contribution in [0.15, 0.2) is 0 Å². The van der Waals surface area contributed by atoms with Crippen molar-refractivity contribution >= 4 is 0 Å². The Kier molecular flexibility index (Phi) is 3.71. The van der Waals surface area contributed by atoms with Crippen molar-refractivity contribution in [2.45, 2.75) is 50.8 Å². The summed E-state index contributed by atoms with van der Waals surface area (Å²) in [4.78, 5) is 0. The van der Waals surface area contributed by atoms with Gasteiger partial charge in [-0.1, -0.05) is 6.92 Å². The average Bonchev–Trinajstić information content (AvgIpc) is 2.10. The number of hydrogen-bond donors (Lipinski definition) is 2. The Hall–Kier alpha value is -0.120. The Bertz CT molecular complexity index is 155. The molecule has 0 amide bonds. The first-order chi connectivity index (χ1) is 6.15. The van der Waals surface area contributed by atoms with Crippen LogP contribution in [0.4, 0.5) is 0 Å². The molecule has 1 saturated carbocycles. The van der Waals surface area contributed by atoms with Crippen molar-refractivity contribution in [2.24, 2.45) is 0 Å². The van der Waals surface area contributed by atoms with Gasteiger partial charge < -0.3 is 15.2 Å². The number of methoxy groups -OCH3 is 1. The van der Waals surface area contributed by atoms with Gasteiger partial charge in [0.1, 0.15) is 0 Å². The number of nitrogens with one attached hydrogen (secondary N) is 1.